The van der Waals surface area contributed by atoms with E-state index >= 15 is 0 Å². The van der Waals surface area contributed by atoms with E-state index in [-0.39, 0.29) is 6.10 Å². The summed E-state index contributed by atoms with van der Waals surface area (Å²) in [6.07, 6.45) is 0.461. The molecular weight excluding hydrogens is 154 g/mol. The van der Waals surface area contributed by atoms with Crippen molar-refractivity contribution in [1.29, 1.82) is 0 Å². The van der Waals surface area contributed by atoms with Crippen molar-refractivity contribution in [2.24, 2.45) is 0 Å². The molecule has 0 bridgehead atoms. The van der Waals surface area contributed by atoms with Gasteiger partial charge in [0.2, 0.25) is 0 Å². The van der Waals surface area contributed by atoms with Crippen LogP contribution < -0.4 is 10.1 Å². The number of carbonyl (C=O) groups excluding carboxylic acids is 1. The summed E-state index contributed by atoms with van der Waals surface area (Å²) < 4.78 is 5.35. The Morgan fingerprint density at radius 2 is 2.33 bits per heavy atom. The quantitative estimate of drug-likeness (QED) is 0.629. The Kier molecular flexibility index (Phi) is 1.70. The molecule has 2 rings (SSSR count). The van der Waals surface area contributed by atoms with Crippen LogP contribution in [0, 0.1) is 0 Å². The number of benzene rings is 1. The number of fused-ring (bicyclic) bond motifs is 1. The van der Waals surface area contributed by atoms with Crippen LogP contribution in [0.3, 0.4) is 0 Å². The van der Waals surface area contributed by atoms with Gasteiger partial charge in [-0.15, -0.1) is 0 Å². The highest BCUT2D eigenvalue weighted by Gasteiger charge is 2.16. The Labute approximate surface area is 70.3 Å². The van der Waals surface area contributed by atoms with Crippen LogP contribution in [0.4, 0.5) is 5.69 Å². The second-order valence-electron chi connectivity index (χ2n) is 2.67. The van der Waals surface area contributed by atoms with Gasteiger partial charge in [0.05, 0.1) is 12.2 Å². The lowest BCUT2D eigenvalue weighted by atomic mass is 10.2. The molecule has 1 N–H and O–H groups in total. The minimum Gasteiger partial charge on any atom is -0.479 e. The fraction of sp³-hybridized carbons (Fsp3) is 0.222. The van der Waals surface area contributed by atoms with Crippen LogP contribution in [0.2, 0.25) is 0 Å². The summed E-state index contributed by atoms with van der Waals surface area (Å²) in [4.78, 5) is 10.4. The Hall–Kier alpha value is -1.51. The fourth-order valence-corrected chi connectivity index (χ4v) is 1.21. The van der Waals surface area contributed by atoms with E-state index in [9.17, 15) is 4.79 Å². The average molecular weight is 163 g/mol. The average Bonchev–Trinajstić information content (AvgIpc) is 2.17. The van der Waals surface area contributed by atoms with Crippen molar-refractivity contribution in [3.63, 3.8) is 0 Å². The van der Waals surface area contributed by atoms with Gasteiger partial charge >= 0.3 is 0 Å². The largest absolute Gasteiger partial charge is 0.479 e. The van der Waals surface area contributed by atoms with E-state index < -0.39 is 0 Å². The first kappa shape index (κ1) is 7.16. The molecule has 3 nitrogen and oxygen atoms in total. The Morgan fingerprint density at radius 3 is 3.17 bits per heavy atom. The van der Waals surface area contributed by atoms with Crippen LogP contribution >= 0.6 is 0 Å². The number of rotatable bonds is 1. The van der Waals surface area contributed by atoms with Gasteiger partial charge in [-0.25, -0.2) is 0 Å². The van der Waals surface area contributed by atoms with Gasteiger partial charge in [-0.2, -0.15) is 0 Å². The maximum absolute atomic E-state index is 10.4. The molecule has 1 aromatic carbocycles. The molecular formula is C9H9NO2. The summed E-state index contributed by atoms with van der Waals surface area (Å²) in [6.45, 7) is 0.556. The summed E-state index contributed by atoms with van der Waals surface area (Å²) >= 11 is 0. The first-order valence-corrected chi connectivity index (χ1v) is 3.85. The van der Waals surface area contributed by atoms with Crippen LogP contribution in [0.5, 0.6) is 5.75 Å². The third-order valence-electron chi connectivity index (χ3n) is 1.81. The Bertz CT molecular complexity index is 298. The molecule has 1 aliphatic rings. The van der Waals surface area contributed by atoms with E-state index in [1.54, 1.807) is 0 Å². The predicted octanol–water partition coefficient (Wildman–Crippen LogP) is 1.06. The summed E-state index contributed by atoms with van der Waals surface area (Å²) in [5, 5.41) is 3.11. The van der Waals surface area contributed by atoms with Crippen molar-refractivity contribution < 1.29 is 9.53 Å². The highest BCUT2D eigenvalue weighted by Crippen LogP contribution is 2.27. The van der Waals surface area contributed by atoms with Crippen LogP contribution in [0.15, 0.2) is 24.3 Å². The summed E-state index contributed by atoms with van der Waals surface area (Å²) in [6, 6.07) is 7.58. The SMILES string of the molecule is O=CC1CNc2ccccc2O1. The van der Waals surface area contributed by atoms with Crippen molar-refractivity contribution in [2.45, 2.75) is 6.10 Å². The fourth-order valence-electron chi connectivity index (χ4n) is 1.21. The number of hydrogen-bond donors (Lipinski definition) is 1. The molecule has 0 saturated heterocycles. The monoisotopic (exact) mass is 163 g/mol. The molecule has 1 heterocycles. The van der Waals surface area contributed by atoms with E-state index in [4.69, 9.17) is 4.74 Å². The van der Waals surface area contributed by atoms with E-state index in [2.05, 4.69) is 5.32 Å². The number of aldehydes is 1. The first-order valence-electron chi connectivity index (χ1n) is 3.85. The van der Waals surface area contributed by atoms with Crippen molar-refractivity contribution in [3.8, 4) is 5.75 Å². The summed E-state index contributed by atoms with van der Waals surface area (Å²) in [7, 11) is 0. The second-order valence-corrected chi connectivity index (χ2v) is 2.67. The lowest BCUT2D eigenvalue weighted by molar-refractivity contribution is -0.113. The molecule has 12 heavy (non-hydrogen) atoms. The van der Waals surface area contributed by atoms with Crippen molar-refractivity contribution >= 4 is 12.0 Å². The molecule has 0 radical (unpaired) electrons. The molecule has 1 aliphatic heterocycles. The zero-order valence-electron chi connectivity index (χ0n) is 6.49. The third kappa shape index (κ3) is 1.13. The molecule has 0 saturated carbocycles. The maximum Gasteiger partial charge on any atom is 0.171 e. The number of nitrogens with one attached hydrogen (secondary N) is 1. The van der Waals surface area contributed by atoms with Gasteiger partial charge in [0.15, 0.2) is 12.4 Å². The van der Waals surface area contributed by atoms with E-state index in [0.717, 1.165) is 17.7 Å². The van der Waals surface area contributed by atoms with Gasteiger partial charge < -0.3 is 10.1 Å². The van der Waals surface area contributed by atoms with Crippen molar-refractivity contribution in [2.75, 3.05) is 11.9 Å². The molecule has 0 aromatic heterocycles. The molecule has 0 aliphatic carbocycles. The van der Waals surface area contributed by atoms with Crippen LogP contribution in [0.25, 0.3) is 0 Å². The lowest BCUT2D eigenvalue weighted by Crippen LogP contribution is -2.31. The van der Waals surface area contributed by atoms with E-state index in [0.29, 0.717) is 6.54 Å². The Morgan fingerprint density at radius 1 is 1.50 bits per heavy atom. The van der Waals surface area contributed by atoms with E-state index in [1.807, 2.05) is 24.3 Å². The predicted molar refractivity (Wildman–Crippen MR) is 45.4 cm³/mol. The second kappa shape index (κ2) is 2.85. The first-order chi connectivity index (χ1) is 5.90. The maximum atomic E-state index is 10.4. The number of ether oxygens (including phenoxy) is 1. The zero-order valence-corrected chi connectivity index (χ0v) is 6.49. The smallest absolute Gasteiger partial charge is 0.171 e. The van der Waals surface area contributed by atoms with Gasteiger partial charge in [-0.1, -0.05) is 12.1 Å². The molecule has 0 amide bonds. The highest BCUT2D eigenvalue weighted by atomic mass is 16.5. The molecule has 3 heteroatoms. The van der Waals surface area contributed by atoms with Gasteiger partial charge in [-0.05, 0) is 12.1 Å². The van der Waals surface area contributed by atoms with E-state index in [1.165, 1.54) is 0 Å². The van der Waals surface area contributed by atoms with Crippen LogP contribution in [-0.2, 0) is 4.79 Å². The minimum atomic E-state index is -0.347. The molecule has 1 unspecified atom stereocenters. The number of para-hydroxylation sites is 2. The van der Waals surface area contributed by atoms with Gasteiger partial charge in [0.25, 0.3) is 0 Å². The van der Waals surface area contributed by atoms with Gasteiger partial charge in [-0.3, -0.25) is 4.79 Å². The Balaban J connectivity index is 2.28. The normalized spacial score (nSPS) is 20.2. The zero-order chi connectivity index (χ0) is 8.39. The minimum absolute atomic E-state index is 0.347. The van der Waals surface area contributed by atoms with Crippen molar-refractivity contribution in [3.05, 3.63) is 24.3 Å². The molecule has 0 fully saturated rings. The lowest BCUT2D eigenvalue weighted by Gasteiger charge is -2.23. The summed E-state index contributed by atoms with van der Waals surface area (Å²) in [5.41, 5.74) is 0.954. The number of carbonyl (C=O) groups is 1. The van der Waals surface area contributed by atoms with Gasteiger partial charge in [0.1, 0.15) is 5.75 Å². The molecule has 1 aromatic rings. The summed E-state index contributed by atoms with van der Waals surface area (Å²) in [5.74, 6) is 0.751. The topological polar surface area (TPSA) is 38.3 Å². The highest BCUT2D eigenvalue weighted by molar-refractivity contribution is 5.65. The van der Waals surface area contributed by atoms with Crippen molar-refractivity contribution in [1.82, 2.24) is 0 Å². The third-order valence-corrected chi connectivity index (χ3v) is 1.81. The standard InChI is InChI=1S/C9H9NO2/c11-6-7-5-10-8-3-1-2-4-9(8)12-7/h1-4,6-7,10H,5H2. The van der Waals surface area contributed by atoms with Crippen LogP contribution in [-0.4, -0.2) is 18.9 Å². The number of anilines is 1. The van der Waals surface area contributed by atoms with Gasteiger partial charge in [0, 0.05) is 0 Å². The molecule has 1 atom stereocenters. The molecule has 0 spiro atoms. The molecule has 62 valence electrons. The van der Waals surface area contributed by atoms with Crippen LogP contribution in [0.1, 0.15) is 0 Å². The number of hydrogen-bond acceptors (Lipinski definition) is 3.